The molecule has 0 radical (unpaired) electrons. The minimum atomic E-state index is -0.861. The molecule has 2 rings (SSSR count). The molecule has 1 aliphatic carbocycles. The summed E-state index contributed by atoms with van der Waals surface area (Å²) in [7, 11) is -1.72. The molecule has 0 amide bonds. The SMILES string of the molecule is C1CCOC1.[C-]1=CC=CC1.[CH2-][Si](C)(C)C.[CH2-][Si](C)(C)C.[Sc+3]. The van der Waals surface area contributed by atoms with Crippen LogP contribution in [0.25, 0.3) is 0 Å². The number of ether oxygens (including phenoxy) is 1. The maximum atomic E-state index is 4.94. The van der Waals surface area contributed by atoms with E-state index in [9.17, 15) is 0 Å². The van der Waals surface area contributed by atoms with Crippen molar-refractivity contribution in [3.8, 4) is 0 Å². The summed E-state index contributed by atoms with van der Waals surface area (Å²) in [6, 6.07) is 0. The minimum Gasteiger partial charge on any atom is -0.381 e. The van der Waals surface area contributed by atoms with Gasteiger partial charge in [-0.25, -0.2) is 12.2 Å². The summed E-state index contributed by atoms with van der Waals surface area (Å²) >= 11 is 0. The Balaban J connectivity index is -0.000000202. The summed E-state index contributed by atoms with van der Waals surface area (Å²) in [4.78, 5) is 0. The van der Waals surface area contributed by atoms with Crippen LogP contribution in [0.2, 0.25) is 39.3 Å². The zero-order valence-electron chi connectivity index (χ0n) is 15.2. The van der Waals surface area contributed by atoms with Gasteiger partial charge in [0.15, 0.2) is 0 Å². The Morgan fingerprint density at radius 2 is 1.29 bits per heavy atom. The number of allylic oxidation sites excluding steroid dienone is 4. The molecule has 0 aromatic carbocycles. The molecule has 0 aromatic heterocycles. The van der Waals surface area contributed by atoms with E-state index >= 15 is 0 Å². The van der Waals surface area contributed by atoms with Crippen LogP contribution in [-0.2, 0) is 30.6 Å². The normalized spacial score (nSPS) is 15.6. The van der Waals surface area contributed by atoms with Gasteiger partial charge in [0.1, 0.15) is 0 Å². The zero-order valence-corrected chi connectivity index (χ0v) is 19.0. The molecule has 0 N–H and O–H groups in total. The van der Waals surface area contributed by atoms with E-state index in [2.05, 4.69) is 64.5 Å². The van der Waals surface area contributed by atoms with Crippen molar-refractivity contribution in [2.75, 3.05) is 13.2 Å². The third-order valence-electron chi connectivity index (χ3n) is 1.41. The third kappa shape index (κ3) is 63.1. The third-order valence-corrected chi connectivity index (χ3v) is 1.41. The molecule has 1 heterocycles. The van der Waals surface area contributed by atoms with Gasteiger partial charge in [-0.2, -0.15) is 6.08 Å². The Bertz CT molecular complexity index is 217. The second-order valence-electron chi connectivity index (χ2n) is 7.44. The summed E-state index contributed by atoms with van der Waals surface area (Å²) in [5, 5.41) is 0. The zero-order chi connectivity index (χ0) is 16.1. The van der Waals surface area contributed by atoms with Crippen LogP contribution >= 0.6 is 0 Å². The molecular formula is C17H35OScSi2. The first kappa shape index (κ1) is 26.6. The predicted molar refractivity (Wildman–Crippen MR) is 99.0 cm³/mol. The van der Waals surface area contributed by atoms with E-state index in [1.807, 2.05) is 12.2 Å². The van der Waals surface area contributed by atoms with E-state index in [-0.39, 0.29) is 25.8 Å². The summed E-state index contributed by atoms with van der Waals surface area (Å²) in [6.07, 6.45) is 12.6. The fraction of sp³-hybridized carbons (Fsp3) is 0.647. The van der Waals surface area contributed by atoms with Crippen molar-refractivity contribution in [3.63, 3.8) is 0 Å². The standard InChI is InChI=1S/C5H5.C4H8O.2C4H11Si.Sc/c2*1-2-4-5-3-1;2*1-5(2,3)4;/h1-3H,4H2;1-4H2;2*1H2,2-4H3;/q-1;;2*-1;+3. The van der Waals surface area contributed by atoms with E-state index in [0.717, 1.165) is 19.6 Å². The first-order valence-electron chi connectivity index (χ1n) is 7.50. The van der Waals surface area contributed by atoms with E-state index in [1.54, 1.807) is 0 Å². The molecule has 0 aromatic rings. The minimum absolute atomic E-state index is 0. The molecule has 1 aliphatic heterocycles. The molecule has 1 fully saturated rings. The van der Waals surface area contributed by atoms with E-state index in [1.165, 1.54) is 12.8 Å². The van der Waals surface area contributed by atoms with Gasteiger partial charge < -0.3 is 17.8 Å². The van der Waals surface area contributed by atoms with Gasteiger partial charge in [0.2, 0.25) is 0 Å². The van der Waals surface area contributed by atoms with Gasteiger partial charge in [-0.3, -0.25) is 6.08 Å². The van der Waals surface area contributed by atoms with Gasteiger partial charge >= 0.3 is 25.8 Å². The molecule has 21 heavy (non-hydrogen) atoms. The van der Waals surface area contributed by atoms with E-state index in [0.29, 0.717) is 0 Å². The molecule has 0 saturated carbocycles. The Hall–Kier alpha value is 0.744. The Labute approximate surface area is 155 Å². The molecule has 0 unspecified atom stereocenters. The topological polar surface area (TPSA) is 9.23 Å². The number of hydrogen-bond acceptors (Lipinski definition) is 1. The molecule has 120 valence electrons. The molecule has 0 spiro atoms. The molecule has 1 saturated heterocycles. The number of hydrogen-bond donors (Lipinski definition) is 0. The monoisotopic (exact) mass is 356 g/mol. The molecule has 1 nitrogen and oxygen atoms in total. The van der Waals surface area contributed by atoms with Crippen molar-refractivity contribution in [1.82, 2.24) is 0 Å². The summed E-state index contributed by atoms with van der Waals surface area (Å²) in [5.41, 5.74) is 0. The van der Waals surface area contributed by atoms with E-state index in [4.69, 9.17) is 4.74 Å². The summed E-state index contributed by atoms with van der Waals surface area (Å²) < 4.78 is 4.94. The maximum absolute atomic E-state index is 4.94. The van der Waals surface area contributed by atoms with E-state index < -0.39 is 16.1 Å². The average Bonchev–Trinajstić information content (AvgIpc) is 2.92. The van der Waals surface area contributed by atoms with Crippen molar-refractivity contribution in [2.45, 2.75) is 58.5 Å². The predicted octanol–water partition coefficient (Wildman–Crippen LogP) is 5.50. The second kappa shape index (κ2) is 15.6. The van der Waals surface area contributed by atoms with Crippen LogP contribution in [0.5, 0.6) is 0 Å². The maximum Gasteiger partial charge on any atom is 3.00 e. The molecule has 0 atom stereocenters. The quantitative estimate of drug-likeness (QED) is 0.411. The van der Waals surface area contributed by atoms with Gasteiger partial charge in [0.25, 0.3) is 0 Å². The van der Waals surface area contributed by atoms with Gasteiger partial charge in [-0.05, 0) is 12.8 Å². The van der Waals surface area contributed by atoms with Crippen molar-refractivity contribution in [1.29, 1.82) is 0 Å². The molecule has 4 heteroatoms. The van der Waals surface area contributed by atoms with Gasteiger partial charge in [-0.15, -0.1) is 22.6 Å². The summed E-state index contributed by atoms with van der Waals surface area (Å²) in [5.74, 6) is 0. The smallest absolute Gasteiger partial charge is 0.381 e. The Kier molecular flexibility index (Phi) is 19.8. The van der Waals surface area contributed by atoms with Crippen LogP contribution in [0.1, 0.15) is 19.3 Å². The fourth-order valence-corrected chi connectivity index (χ4v) is 0.851. The van der Waals surface area contributed by atoms with Crippen molar-refractivity contribution < 1.29 is 30.6 Å². The van der Waals surface area contributed by atoms with Crippen LogP contribution in [0, 0.1) is 19.2 Å². The van der Waals surface area contributed by atoms with Crippen LogP contribution in [-0.4, -0.2) is 29.4 Å². The van der Waals surface area contributed by atoms with Crippen LogP contribution in [0.4, 0.5) is 0 Å². The van der Waals surface area contributed by atoms with Gasteiger partial charge in [0.05, 0.1) is 0 Å². The first-order valence-corrected chi connectivity index (χ1v) is 14.9. The van der Waals surface area contributed by atoms with Gasteiger partial charge in [-0.1, -0.05) is 39.3 Å². The van der Waals surface area contributed by atoms with Gasteiger partial charge in [0, 0.05) is 13.2 Å². The van der Waals surface area contributed by atoms with Crippen molar-refractivity contribution in [2.24, 2.45) is 0 Å². The second-order valence-corrected chi connectivity index (χ2v) is 17.7. The summed E-state index contributed by atoms with van der Waals surface area (Å²) in [6.45, 7) is 23.1. The average molecular weight is 357 g/mol. The van der Waals surface area contributed by atoms with Crippen LogP contribution in [0.15, 0.2) is 18.2 Å². The molecule has 0 bridgehead atoms. The largest absolute Gasteiger partial charge is 3.00 e. The Morgan fingerprint density at radius 3 is 1.38 bits per heavy atom. The van der Waals surface area contributed by atoms with Crippen LogP contribution in [0.3, 0.4) is 0 Å². The van der Waals surface area contributed by atoms with Crippen molar-refractivity contribution >= 4 is 16.1 Å². The Morgan fingerprint density at radius 1 is 0.905 bits per heavy atom. The van der Waals surface area contributed by atoms with Crippen LogP contribution < -0.4 is 0 Å². The first-order chi connectivity index (χ1) is 9.00. The number of rotatable bonds is 0. The molecule has 2 aliphatic rings. The van der Waals surface area contributed by atoms with Crippen molar-refractivity contribution in [3.05, 3.63) is 37.4 Å². The molecular weight excluding hydrogens is 321 g/mol. The fourth-order valence-electron chi connectivity index (χ4n) is 0.851.